The molecule has 0 radical (unpaired) electrons. The van der Waals surface area contributed by atoms with Gasteiger partial charge in [-0.1, -0.05) is 0 Å². The van der Waals surface area contributed by atoms with Gasteiger partial charge in [0.2, 0.25) is 0 Å². The van der Waals surface area contributed by atoms with Gasteiger partial charge >= 0.3 is 11.4 Å². The molecule has 74 valence electrons. The molecule has 0 saturated heterocycles. The molecule has 0 unspecified atom stereocenters. The van der Waals surface area contributed by atoms with Crippen LogP contribution in [0.5, 0.6) is 10.1 Å². The molecule has 2 heterocycles. The van der Waals surface area contributed by atoms with Crippen LogP contribution in [0.2, 0.25) is 0 Å². The Morgan fingerprint density at radius 1 is 1.00 bits per heavy atom. The van der Waals surface area contributed by atoms with Crippen molar-refractivity contribution in [2.45, 2.75) is 0 Å². The zero-order valence-electron chi connectivity index (χ0n) is 6.91. The molecule has 0 aliphatic carbocycles. The Kier molecular flexibility index (Phi) is 3.18. The molecule has 0 saturated carbocycles. The first-order chi connectivity index (χ1) is 6.84. The summed E-state index contributed by atoms with van der Waals surface area (Å²) in [5.41, 5.74) is 0. The van der Waals surface area contributed by atoms with Gasteiger partial charge in [0, 0.05) is 0 Å². The van der Waals surface area contributed by atoms with Crippen LogP contribution in [0.15, 0.2) is 35.0 Å². The SMILES string of the molecule is O=S(Oc1cccs1)Oc1cccs1. The van der Waals surface area contributed by atoms with Crippen molar-refractivity contribution in [3.63, 3.8) is 0 Å². The first-order valence-corrected chi connectivity index (χ1v) is 6.46. The van der Waals surface area contributed by atoms with E-state index in [-0.39, 0.29) is 0 Å². The van der Waals surface area contributed by atoms with E-state index >= 15 is 0 Å². The summed E-state index contributed by atoms with van der Waals surface area (Å²) >= 11 is 0.986. The van der Waals surface area contributed by atoms with E-state index in [1.54, 1.807) is 12.1 Å². The van der Waals surface area contributed by atoms with Gasteiger partial charge in [0.15, 0.2) is 10.1 Å². The van der Waals surface area contributed by atoms with Crippen molar-refractivity contribution in [3.05, 3.63) is 35.0 Å². The monoisotopic (exact) mass is 246 g/mol. The molecule has 0 aliphatic heterocycles. The van der Waals surface area contributed by atoms with Crippen LogP contribution in [0.25, 0.3) is 0 Å². The molecule has 0 aliphatic rings. The molecule has 0 spiro atoms. The molecule has 0 N–H and O–H groups in total. The van der Waals surface area contributed by atoms with E-state index in [0.717, 1.165) is 0 Å². The Hall–Kier alpha value is -0.850. The molecule has 14 heavy (non-hydrogen) atoms. The molecule has 0 bridgehead atoms. The van der Waals surface area contributed by atoms with Crippen LogP contribution in [0.1, 0.15) is 0 Å². The highest BCUT2D eigenvalue weighted by molar-refractivity contribution is 7.76. The number of thiophene rings is 2. The Labute approximate surface area is 91.8 Å². The molecular formula is C8H6O3S3. The lowest BCUT2D eigenvalue weighted by Crippen LogP contribution is -2.05. The fourth-order valence-electron chi connectivity index (χ4n) is 0.773. The zero-order chi connectivity index (χ0) is 9.80. The number of hydrogen-bond donors (Lipinski definition) is 0. The minimum atomic E-state index is -1.76. The fourth-order valence-corrected chi connectivity index (χ4v) is 2.73. The lowest BCUT2D eigenvalue weighted by Gasteiger charge is -2.00. The third-order valence-electron chi connectivity index (χ3n) is 1.29. The maximum absolute atomic E-state index is 11.3. The smallest absolute Gasteiger partial charge is 0.360 e. The Morgan fingerprint density at radius 2 is 1.50 bits per heavy atom. The minimum Gasteiger partial charge on any atom is -0.360 e. The maximum Gasteiger partial charge on any atom is 0.419 e. The van der Waals surface area contributed by atoms with Crippen LogP contribution in [0.3, 0.4) is 0 Å². The van der Waals surface area contributed by atoms with Crippen LogP contribution >= 0.6 is 22.7 Å². The summed E-state index contributed by atoms with van der Waals surface area (Å²) in [5, 5.41) is 4.86. The van der Waals surface area contributed by atoms with E-state index in [9.17, 15) is 4.21 Å². The lowest BCUT2D eigenvalue weighted by atomic mass is 10.7. The Morgan fingerprint density at radius 3 is 1.86 bits per heavy atom. The first-order valence-electron chi connectivity index (χ1n) is 3.70. The molecule has 2 rings (SSSR count). The second-order valence-electron chi connectivity index (χ2n) is 2.23. The summed E-state index contributed by atoms with van der Waals surface area (Å²) < 4.78 is 21.3. The quantitative estimate of drug-likeness (QED) is 0.832. The second kappa shape index (κ2) is 4.59. The highest BCUT2D eigenvalue weighted by Gasteiger charge is 2.06. The maximum atomic E-state index is 11.3. The summed E-state index contributed by atoms with van der Waals surface area (Å²) in [6.45, 7) is 0. The predicted molar refractivity (Wildman–Crippen MR) is 58.0 cm³/mol. The third kappa shape index (κ3) is 2.57. The number of hydrogen-bond acceptors (Lipinski definition) is 5. The fraction of sp³-hybridized carbons (Fsp3) is 0. The molecule has 6 heteroatoms. The topological polar surface area (TPSA) is 35.5 Å². The van der Waals surface area contributed by atoms with E-state index in [2.05, 4.69) is 0 Å². The van der Waals surface area contributed by atoms with Gasteiger partial charge in [-0.3, -0.25) is 0 Å². The van der Waals surface area contributed by atoms with Crippen LogP contribution in [-0.2, 0) is 11.4 Å². The van der Waals surface area contributed by atoms with E-state index in [1.165, 1.54) is 22.7 Å². The van der Waals surface area contributed by atoms with Crippen LogP contribution in [-0.4, -0.2) is 4.21 Å². The van der Waals surface area contributed by atoms with Gasteiger partial charge < -0.3 is 8.37 Å². The van der Waals surface area contributed by atoms with Gasteiger partial charge in [-0.15, -0.1) is 22.7 Å². The second-order valence-corrected chi connectivity index (χ2v) is 4.80. The Balaban J connectivity index is 1.91. The molecule has 0 fully saturated rings. The minimum absolute atomic E-state index is 0.583. The van der Waals surface area contributed by atoms with Crippen LogP contribution in [0, 0.1) is 0 Å². The van der Waals surface area contributed by atoms with Gasteiger partial charge in [0.25, 0.3) is 0 Å². The highest BCUT2D eigenvalue weighted by atomic mass is 32.2. The molecule has 0 amide bonds. The zero-order valence-corrected chi connectivity index (χ0v) is 9.36. The predicted octanol–water partition coefficient (Wildman–Crippen LogP) is 2.85. The van der Waals surface area contributed by atoms with Crippen molar-refractivity contribution in [2.24, 2.45) is 0 Å². The highest BCUT2D eigenvalue weighted by Crippen LogP contribution is 2.22. The largest absolute Gasteiger partial charge is 0.419 e. The Bertz CT molecular complexity index is 355. The summed E-state index contributed by atoms with van der Waals surface area (Å²) in [5.74, 6) is 0. The summed E-state index contributed by atoms with van der Waals surface area (Å²) in [7, 11) is 0. The molecule has 2 aromatic heterocycles. The van der Waals surface area contributed by atoms with Crippen molar-refractivity contribution in [1.29, 1.82) is 0 Å². The van der Waals surface area contributed by atoms with Gasteiger partial charge in [-0.25, -0.2) is 0 Å². The van der Waals surface area contributed by atoms with Crippen molar-refractivity contribution >= 4 is 34.0 Å². The lowest BCUT2D eigenvalue weighted by molar-refractivity contribution is 0.473. The van der Waals surface area contributed by atoms with Crippen molar-refractivity contribution in [3.8, 4) is 10.1 Å². The van der Waals surface area contributed by atoms with E-state index in [4.69, 9.17) is 8.37 Å². The molecule has 3 nitrogen and oxygen atoms in total. The summed E-state index contributed by atoms with van der Waals surface area (Å²) in [4.78, 5) is 0. The molecule has 0 atom stereocenters. The van der Waals surface area contributed by atoms with Crippen LogP contribution in [0.4, 0.5) is 0 Å². The standard InChI is InChI=1S/C8H6O3S3/c9-14(10-7-3-1-5-12-7)11-8-4-2-6-13-8/h1-6H. The van der Waals surface area contributed by atoms with Gasteiger partial charge in [-0.2, -0.15) is 4.21 Å². The van der Waals surface area contributed by atoms with Crippen molar-refractivity contribution < 1.29 is 12.6 Å². The third-order valence-corrected chi connectivity index (χ3v) is 3.62. The molecular weight excluding hydrogens is 240 g/mol. The average Bonchev–Trinajstić information content (AvgIpc) is 2.76. The number of rotatable bonds is 4. The summed E-state index contributed by atoms with van der Waals surface area (Å²) in [6, 6.07) is 7.12. The normalized spacial score (nSPS) is 10.4. The van der Waals surface area contributed by atoms with Gasteiger partial charge in [0.05, 0.1) is 0 Å². The average molecular weight is 246 g/mol. The van der Waals surface area contributed by atoms with Gasteiger partial charge in [-0.05, 0) is 35.0 Å². The van der Waals surface area contributed by atoms with Crippen molar-refractivity contribution in [2.75, 3.05) is 0 Å². The van der Waals surface area contributed by atoms with Gasteiger partial charge in [0.1, 0.15) is 0 Å². The van der Waals surface area contributed by atoms with E-state index in [1.807, 2.05) is 22.9 Å². The van der Waals surface area contributed by atoms with Crippen molar-refractivity contribution in [1.82, 2.24) is 0 Å². The molecule has 0 aromatic carbocycles. The first kappa shape index (κ1) is 9.70. The molecule has 2 aromatic rings. The van der Waals surface area contributed by atoms with E-state index < -0.39 is 11.4 Å². The van der Waals surface area contributed by atoms with Crippen LogP contribution < -0.4 is 8.37 Å². The summed E-state index contributed by atoms with van der Waals surface area (Å²) in [6.07, 6.45) is 0. The van der Waals surface area contributed by atoms with E-state index in [0.29, 0.717) is 10.1 Å².